The van der Waals surface area contributed by atoms with Gasteiger partial charge in [0.2, 0.25) is 5.78 Å². The fraction of sp³-hybridized carbons (Fsp3) is 0.0952. The van der Waals surface area contributed by atoms with Gasteiger partial charge < -0.3 is 9.52 Å². The quantitative estimate of drug-likeness (QED) is 0.259. The molecule has 164 valence electrons. The topological polar surface area (TPSA) is 80.4 Å². The molecule has 2 heterocycles. The van der Waals surface area contributed by atoms with Crippen LogP contribution in [0, 0.1) is 5.82 Å². The number of carboxylic acids is 1. The van der Waals surface area contributed by atoms with Gasteiger partial charge in [0.1, 0.15) is 16.9 Å². The van der Waals surface area contributed by atoms with E-state index in [1.807, 2.05) is 0 Å². The number of thiophene rings is 1. The van der Waals surface area contributed by atoms with Crippen LogP contribution in [0.3, 0.4) is 0 Å². The van der Waals surface area contributed by atoms with Crippen LogP contribution >= 0.6 is 22.9 Å². The van der Waals surface area contributed by atoms with Crippen molar-refractivity contribution in [2.75, 3.05) is 0 Å². The lowest BCUT2D eigenvalue weighted by atomic mass is 10.0. The molecule has 0 saturated heterocycles. The molecular weight excluding hydrogens is 474 g/mol. The Hall–Kier alpha value is -3.24. The van der Waals surface area contributed by atoms with Crippen molar-refractivity contribution in [2.24, 2.45) is 0 Å². The fourth-order valence-corrected chi connectivity index (χ4v) is 4.52. The highest BCUT2D eigenvalue weighted by Gasteiger charge is 2.38. The fourth-order valence-electron chi connectivity index (χ4n) is 3.18. The predicted molar refractivity (Wildman–Crippen MR) is 109 cm³/mol. The second-order valence-electron chi connectivity index (χ2n) is 6.64. The summed E-state index contributed by atoms with van der Waals surface area (Å²) in [6.45, 7) is 0. The minimum Gasteiger partial charge on any atom is -0.478 e. The number of aromatic nitrogens is 1. The Morgan fingerprint density at radius 2 is 1.88 bits per heavy atom. The number of nitrogens with zero attached hydrogens (tertiary/aromatic N) is 1. The summed E-state index contributed by atoms with van der Waals surface area (Å²) < 4.78 is 59.8. The molecular formula is C21H10ClF4NO4S. The molecule has 2 aromatic carbocycles. The molecule has 0 atom stereocenters. The van der Waals surface area contributed by atoms with E-state index in [1.165, 1.54) is 5.38 Å². The number of benzene rings is 2. The number of hydrogen-bond donors (Lipinski definition) is 1. The van der Waals surface area contributed by atoms with Crippen LogP contribution in [0.2, 0.25) is 5.02 Å². The van der Waals surface area contributed by atoms with Crippen molar-refractivity contribution >= 4 is 45.8 Å². The predicted octanol–water partition coefficient (Wildman–Crippen LogP) is 6.49. The summed E-state index contributed by atoms with van der Waals surface area (Å²) in [5, 5.41) is 10.1. The third-order valence-electron chi connectivity index (χ3n) is 4.58. The van der Waals surface area contributed by atoms with Crippen molar-refractivity contribution < 1.29 is 36.7 Å². The minimum atomic E-state index is -5.08. The number of oxazole rings is 1. The molecule has 0 radical (unpaired) electrons. The van der Waals surface area contributed by atoms with Gasteiger partial charge in [-0.25, -0.2) is 14.2 Å². The molecule has 32 heavy (non-hydrogen) atoms. The number of hydrogen-bond acceptors (Lipinski definition) is 5. The van der Waals surface area contributed by atoms with Crippen molar-refractivity contribution in [3.63, 3.8) is 0 Å². The number of carboxylic acid groups (broad SMARTS) is 1. The van der Waals surface area contributed by atoms with E-state index in [0.717, 1.165) is 12.1 Å². The van der Waals surface area contributed by atoms with Crippen molar-refractivity contribution in [1.29, 1.82) is 0 Å². The molecule has 0 aliphatic heterocycles. The zero-order valence-corrected chi connectivity index (χ0v) is 17.2. The SMILES string of the molecule is O=C(Cc1csc(-c2ccc(Cl)c(C(F)(F)F)c2F)c1C(=O)O)c1nc2ccccc2o1. The summed E-state index contributed by atoms with van der Waals surface area (Å²) >= 11 is 6.22. The van der Waals surface area contributed by atoms with Crippen molar-refractivity contribution in [1.82, 2.24) is 4.98 Å². The Bertz CT molecular complexity index is 1340. The summed E-state index contributed by atoms with van der Waals surface area (Å²) in [7, 11) is 0. The van der Waals surface area contributed by atoms with Crippen LogP contribution in [-0.2, 0) is 12.6 Å². The first-order valence-corrected chi connectivity index (χ1v) is 10.1. The van der Waals surface area contributed by atoms with Gasteiger partial charge >= 0.3 is 12.1 Å². The molecule has 0 bridgehead atoms. The molecule has 1 N–H and O–H groups in total. The summed E-state index contributed by atoms with van der Waals surface area (Å²) in [5.74, 6) is -4.09. The van der Waals surface area contributed by atoms with Crippen LogP contribution in [0.1, 0.15) is 32.2 Å². The number of fused-ring (bicyclic) bond motifs is 1. The summed E-state index contributed by atoms with van der Waals surface area (Å²) in [6.07, 6.45) is -5.53. The smallest absolute Gasteiger partial charge is 0.420 e. The van der Waals surface area contributed by atoms with Gasteiger partial charge in [-0.05, 0) is 35.2 Å². The molecule has 0 saturated carbocycles. The van der Waals surface area contributed by atoms with Gasteiger partial charge in [-0.3, -0.25) is 4.79 Å². The third-order valence-corrected chi connectivity index (χ3v) is 5.96. The molecule has 4 rings (SSSR count). The largest absolute Gasteiger partial charge is 0.478 e. The summed E-state index contributed by atoms with van der Waals surface area (Å²) in [4.78, 5) is 28.3. The van der Waals surface area contributed by atoms with Crippen LogP contribution in [-0.4, -0.2) is 21.8 Å². The number of carbonyl (C=O) groups is 2. The lowest BCUT2D eigenvalue weighted by molar-refractivity contribution is -0.139. The average Bonchev–Trinajstić information content (AvgIpc) is 3.31. The van der Waals surface area contributed by atoms with Crippen LogP contribution < -0.4 is 0 Å². The number of para-hydroxylation sites is 2. The van der Waals surface area contributed by atoms with Crippen molar-refractivity contribution in [3.05, 3.63) is 75.2 Å². The number of halogens is 5. The Morgan fingerprint density at radius 1 is 1.16 bits per heavy atom. The zero-order chi connectivity index (χ0) is 23.2. The van der Waals surface area contributed by atoms with Crippen LogP contribution in [0.15, 0.2) is 46.2 Å². The van der Waals surface area contributed by atoms with E-state index >= 15 is 0 Å². The highest BCUT2D eigenvalue weighted by Crippen LogP contribution is 2.43. The Balaban J connectivity index is 1.76. The van der Waals surface area contributed by atoms with Gasteiger partial charge in [0.05, 0.1) is 15.5 Å². The van der Waals surface area contributed by atoms with Crippen molar-refractivity contribution in [3.8, 4) is 10.4 Å². The summed E-state index contributed by atoms with van der Waals surface area (Å²) in [6, 6.07) is 8.43. The van der Waals surface area contributed by atoms with Gasteiger partial charge in [0.25, 0.3) is 5.89 Å². The molecule has 2 aromatic heterocycles. The summed E-state index contributed by atoms with van der Waals surface area (Å²) in [5.41, 5.74) is -1.96. The maximum Gasteiger partial charge on any atom is 0.420 e. The number of alkyl halides is 3. The Kier molecular flexibility index (Phi) is 5.51. The number of ketones is 1. The van der Waals surface area contributed by atoms with Gasteiger partial charge in [0, 0.05) is 12.0 Å². The van der Waals surface area contributed by atoms with Gasteiger partial charge in [-0.15, -0.1) is 11.3 Å². The van der Waals surface area contributed by atoms with E-state index in [-0.39, 0.29) is 16.3 Å². The lowest BCUT2D eigenvalue weighted by Gasteiger charge is -2.13. The number of rotatable bonds is 5. The molecule has 11 heteroatoms. The second-order valence-corrected chi connectivity index (χ2v) is 7.93. The maximum absolute atomic E-state index is 14.7. The average molecular weight is 484 g/mol. The van der Waals surface area contributed by atoms with Crippen molar-refractivity contribution in [2.45, 2.75) is 12.6 Å². The number of aromatic carboxylic acids is 1. The first-order chi connectivity index (χ1) is 15.1. The van der Waals surface area contributed by atoms with E-state index in [1.54, 1.807) is 24.3 Å². The molecule has 0 amide bonds. The van der Waals surface area contributed by atoms with Gasteiger partial charge in [-0.2, -0.15) is 13.2 Å². The second kappa shape index (κ2) is 8.03. The van der Waals surface area contributed by atoms with Crippen LogP contribution in [0.4, 0.5) is 17.6 Å². The number of carbonyl (C=O) groups excluding carboxylic acids is 1. The monoisotopic (exact) mass is 483 g/mol. The first-order valence-electron chi connectivity index (χ1n) is 8.86. The van der Waals surface area contributed by atoms with E-state index in [9.17, 15) is 32.3 Å². The molecule has 5 nitrogen and oxygen atoms in total. The highest BCUT2D eigenvalue weighted by molar-refractivity contribution is 7.14. The van der Waals surface area contributed by atoms with E-state index in [0.29, 0.717) is 22.4 Å². The standard InChI is InChI=1S/C21H10ClF4NO4S/c22-11-6-5-10(17(23)16(11)21(24,25)26)18-15(20(29)30)9(8-32-18)7-13(28)19-27-12-3-1-2-4-14(12)31-19/h1-6,8H,7H2,(H,29,30). The lowest BCUT2D eigenvalue weighted by Crippen LogP contribution is -2.11. The normalized spacial score (nSPS) is 11.8. The molecule has 0 spiro atoms. The molecule has 0 aliphatic rings. The molecule has 4 aromatic rings. The highest BCUT2D eigenvalue weighted by atomic mass is 35.5. The van der Waals surface area contributed by atoms with Crippen LogP contribution in [0.5, 0.6) is 0 Å². The first kappa shape index (κ1) is 22.0. The van der Waals surface area contributed by atoms with E-state index in [4.69, 9.17) is 16.0 Å². The van der Waals surface area contributed by atoms with Gasteiger partial charge in [0.15, 0.2) is 5.58 Å². The van der Waals surface area contributed by atoms with E-state index < -0.39 is 51.9 Å². The number of Topliss-reactive ketones (excluding diaryl/α,β-unsaturated/α-hetero) is 1. The molecule has 0 fully saturated rings. The minimum absolute atomic E-state index is 0.00679. The third kappa shape index (κ3) is 3.87. The van der Waals surface area contributed by atoms with E-state index in [2.05, 4.69) is 4.98 Å². The van der Waals surface area contributed by atoms with Crippen LogP contribution in [0.25, 0.3) is 21.5 Å². The Labute approximate surface area is 185 Å². The maximum atomic E-state index is 14.7. The Morgan fingerprint density at radius 3 is 2.53 bits per heavy atom. The molecule has 0 unspecified atom stereocenters. The zero-order valence-electron chi connectivity index (χ0n) is 15.7. The molecule has 0 aliphatic carbocycles. The van der Waals surface area contributed by atoms with Gasteiger partial charge in [-0.1, -0.05) is 23.7 Å².